The first-order valence-corrected chi connectivity index (χ1v) is 10.5. The summed E-state index contributed by atoms with van der Waals surface area (Å²) in [5.74, 6) is 0.771. The Bertz CT molecular complexity index is 1040. The first-order chi connectivity index (χ1) is 14.7. The number of H-pyrrole nitrogens is 1. The van der Waals surface area contributed by atoms with E-state index in [0.717, 1.165) is 49.1 Å². The molecule has 2 aliphatic heterocycles. The molecule has 0 bridgehead atoms. The number of rotatable bonds is 6. The lowest BCUT2D eigenvalue weighted by Crippen LogP contribution is -2.49. The Morgan fingerprint density at radius 3 is 2.90 bits per heavy atom. The average Bonchev–Trinajstić information content (AvgIpc) is 3.56. The third kappa shape index (κ3) is 3.07. The molecule has 10 heteroatoms. The molecular weight excluding hydrogens is 384 g/mol. The minimum absolute atomic E-state index is 0.0514. The van der Waals surface area contributed by atoms with E-state index in [2.05, 4.69) is 30.6 Å². The molecule has 2 aromatic heterocycles. The summed E-state index contributed by atoms with van der Waals surface area (Å²) in [6.07, 6.45) is 3.10. The molecule has 1 unspecified atom stereocenters. The predicted molar refractivity (Wildman–Crippen MR) is 109 cm³/mol. The van der Waals surface area contributed by atoms with Gasteiger partial charge in [-0.05, 0) is 48.8 Å². The number of para-hydroxylation sites is 1. The zero-order valence-corrected chi connectivity index (χ0v) is 17.1. The summed E-state index contributed by atoms with van der Waals surface area (Å²) in [5.41, 5.74) is 0.964. The van der Waals surface area contributed by atoms with Crippen LogP contribution < -0.4 is 0 Å². The van der Waals surface area contributed by atoms with Crippen molar-refractivity contribution in [2.24, 2.45) is 0 Å². The van der Waals surface area contributed by atoms with Crippen molar-refractivity contribution in [1.29, 1.82) is 0 Å². The maximum Gasteiger partial charge on any atom is 0.275 e. The first-order valence-electron chi connectivity index (χ1n) is 10.5. The maximum atomic E-state index is 13.4. The second-order valence-corrected chi connectivity index (χ2v) is 8.04. The number of nitrogens with one attached hydrogen (secondary N) is 1. The van der Waals surface area contributed by atoms with Crippen molar-refractivity contribution >= 4 is 16.8 Å². The number of carbonyl (C=O) groups is 1. The van der Waals surface area contributed by atoms with Gasteiger partial charge in [-0.25, -0.2) is 4.68 Å². The molecule has 5 rings (SSSR count). The molecule has 2 aliphatic rings. The highest BCUT2D eigenvalue weighted by Crippen LogP contribution is 2.39. The Balaban J connectivity index is 1.47. The van der Waals surface area contributed by atoms with E-state index in [0.29, 0.717) is 31.9 Å². The number of hydrogen-bond donors (Lipinski definition) is 1. The van der Waals surface area contributed by atoms with Crippen LogP contribution in [-0.2, 0) is 16.8 Å². The van der Waals surface area contributed by atoms with Crippen LogP contribution in [0.4, 0.5) is 0 Å². The van der Waals surface area contributed by atoms with E-state index in [1.54, 1.807) is 7.11 Å². The second kappa shape index (κ2) is 7.77. The van der Waals surface area contributed by atoms with E-state index in [1.165, 1.54) is 0 Å². The van der Waals surface area contributed by atoms with Crippen molar-refractivity contribution in [3.8, 4) is 0 Å². The number of likely N-dealkylation sites (tertiary alicyclic amines) is 2. The smallest absolute Gasteiger partial charge is 0.275 e. The zero-order chi connectivity index (χ0) is 20.6. The van der Waals surface area contributed by atoms with E-state index in [1.807, 2.05) is 33.8 Å². The second-order valence-electron chi connectivity index (χ2n) is 8.04. The number of hydrogen-bond acceptors (Lipinski definition) is 7. The molecule has 3 aromatic rings. The molecule has 0 radical (unpaired) electrons. The number of methoxy groups -OCH3 is 1. The highest BCUT2D eigenvalue weighted by atomic mass is 16.5. The van der Waals surface area contributed by atoms with Crippen LogP contribution in [-0.4, -0.2) is 86.0 Å². The monoisotopic (exact) mass is 410 g/mol. The van der Waals surface area contributed by atoms with Crippen molar-refractivity contribution < 1.29 is 9.53 Å². The van der Waals surface area contributed by atoms with Gasteiger partial charge in [-0.3, -0.25) is 14.8 Å². The van der Waals surface area contributed by atoms with Gasteiger partial charge in [-0.1, -0.05) is 18.2 Å². The lowest BCUT2D eigenvalue weighted by molar-refractivity contribution is 0.0695. The van der Waals surface area contributed by atoms with Gasteiger partial charge in [0, 0.05) is 25.6 Å². The third-order valence-electron chi connectivity index (χ3n) is 6.37. The first kappa shape index (κ1) is 19.1. The molecule has 0 spiro atoms. The maximum absolute atomic E-state index is 13.4. The molecule has 4 heterocycles. The molecule has 1 amide bonds. The van der Waals surface area contributed by atoms with Crippen LogP contribution in [0.15, 0.2) is 24.3 Å². The van der Waals surface area contributed by atoms with Crippen LogP contribution in [0.25, 0.3) is 10.9 Å². The summed E-state index contributed by atoms with van der Waals surface area (Å²) in [6, 6.07) is 7.72. The van der Waals surface area contributed by atoms with Crippen molar-refractivity contribution in [2.75, 3.05) is 39.9 Å². The molecule has 10 nitrogen and oxygen atoms in total. The Hall–Kier alpha value is -2.85. The van der Waals surface area contributed by atoms with Crippen LogP contribution in [0.5, 0.6) is 0 Å². The normalized spacial score (nSPS) is 22.4. The number of amides is 1. The Morgan fingerprint density at radius 1 is 1.23 bits per heavy atom. The molecule has 0 saturated carbocycles. The van der Waals surface area contributed by atoms with Crippen molar-refractivity contribution in [3.05, 3.63) is 35.8 Å². The average molecular weight is 410 g/mol. The van der Waals surface area contributed by atoms with Gasteiger partial charge < -0.3 is 9.64 Å². The third-order valence-corrected chi connectivity index (χ3v) is 6.37. The van der Waals surface area contributed by atoms with Gasteiger partial charge in [-0.15, -0.1) is 5.10 Å². The summed E-state index contributed by atoms with van der Waals surface area (Å²) in [4.78, 5) is 17.8. The summed E-state index contributed by atoms with van der Waals surface area (Å²) >= 11 is 0. The molecule has 0 aliphatic carbocycles. The summed E-state index contributed by atoms with van der Waals surface area (Å²) in [7, 11) is 1.67. The number of aromatic nitrogens is 6. The minimum atomic E-state index is -0.379. The van der Waals surface area contributed by atoms with Gasteiger partial charge in [0.1, 0.15) is 5.54 Å². The van der Waals surface area contributed by atoms with Gasteiger partial charge in [0.25, 0.3) is 5.91 Å². The van der Waals surface area contributed by atoms with Crippen LogP contribution in [0.1, 0.15) is 35.6 Å². The number of benzene rings is 1. The Kier molecular flexibility index (Phi) is 4.95. The molecule has 2 fully saturated rings. The van der Waals surface area contributed by atoms with Crippen LogP contribution >= 0.6 is 0 Å². The molecule has 158 valence electrons. The molecule has 2 saturated heterocycles. The lowest BCUT2D eigenvalue weighted by atomic mass is 9.95. The SMILES string of the molecule is COCCn1nnnc1C1(N2CCCC2)CCN(C(=O)c2n[nH]c3ccccc23)C1. The largest absolute Gasteiger partial charge is 0.383 e. The molecule has 1 atom stereocenters. The van der Waals surface area contributed by atoms with E-state index in [4.69, 9.17) is 4.74 Å². The Morgan fingerprint density at radius 2 is 2.07 bits per heavy atom. The van der Waals surface area contributed by atoms with Gasteiger partial charge in [0.15, 0.2) is 11.5 Å². The van der Waals surface area contributed by atoms with Crippen molar-refractivity contribution in [3.63, 3.8) is 0 Å². The highest BCUT2D eigenvalue weighted by molar-refractivity contribution is 6.04. The number of carbonyl (C=O) groups excluding carboxylic acids is 1. The minimum Gasteiger partial charge on any atom is -0.383 e. The quantitative estimate of drug-likeness (QED) is 0.647. The fraction of sp³-hybridized carbons (Fsp3) is 0.550. The fourth-order valence-electron chi connectivity index (χ4n) is 4.84. The van der Waals surface area contributed by atoms with Gasteiger partial charge >= 0.3 is 0 Å². The Labute approximate surface area is 174 Å². The molecule has 1 N–H and O–H groups in total. The summed E-state index contributed by atoms with van der Waals surface area (Å²) in [6.45, 7) is 4.31. The van der Waals surface area contributed by atoms with Gasteiger partial charge in [0.2, 0.25) is 0 Å². The zero-order valence-electron chi connectivity index (χ0n) is 17.1. The highest BCUT2D eigenvalue weighted by Gasteiger charge is 2.50. The van der Waals surface area contributed by atoms with E-state index < -0.39 is 0 Å². The molecular formula is C20H26N8O2. The predicted octanol–water partition coefficient (Wildman–Crippen LogP) is 1.03. The number of fused-ring (bicyclic) bond motifs is 1. The lowest BCUT2D eigenvalue weighted by Gasteiger charge is -2.37. The van der Waals surface area contributed by atoms with E-state index >= 15 is 0 Å². The topological polar surface area (TPSA) is 105 Å². The van der Waals surface area contributed by atoms with Crippen molar-refractivity contribution in [1.82, 2.24) is 40.2 Å². The number of nitrogens with zero attached hydrogens (tertiary/aromatic N) is 7. The molecule has 1 aromatic carbocycles. The summed E-state index contributed by atoms with van der Waals surface area (Å²) in [5, 5.41) is 20.7. The fourth-order valence-corrected chi connectivity index (χ4v) is 4.84. The van der Waals surface area contributed by atoms with E-state index in [9.17, 15) is 4.79 Å². The number of aromatic amines is 1. The standard InChI is InChI=1S/C20H26N8O2/c1-30-13-12-28-19(23-24-25-28)20(27-9-4-5-10-27)8-11-26(14-20)18(29)17-15-6-2-3-7-16(15)21-22-17/h2-3,6-7H,4-5,8-14H2,1H3,(H,21,22). The van der Waals surface area contributed by atoms with Crippen molar-refractivity contribution in [2.45, 2.75) is 31.3 Å². The van der Waals surface area contributed by atoms with Crippen LogP contribution in [0.3, 0.4) is 0 Å². The van der Waals surface area contributed by atoms with Crippen LogP contribution in [0, 0.1) is 0 Å². The number of ether oxygens (including phenoxy) is 1. The van der Waals surface area contributed by atoms with Crippen LogP contribution in [0.2, 0.25) is 0 Å². The number of tetrazole rings is 1. The van der Waals surface area contributed by atoms with Gasteiger partial charge in [-0.2, -0.15) is 5.10 Å². The van der Waals surface area contributed by atoms with Gasteiger partial charge in [0.05, 0.1) is 18.7 Å². The summed E-state index contributed by atoms with van der Waals surface area (Å²) < 4.78 is 7.07. The van der Waals surface area contributed by atoms with E-state index in [-0.39, 0.29) is 11.4 Å². The molecule has 30 heavy (non-hydrogen) atoms.